The number of halogens is 1. The van der Waals surface area contributed by atoms with Crippen LogP contribution in [0, 0.1) is 0 Å². The van der Waals surface area contributed by atoms with E-state index in [9.17, 15) is 4.79 Å². The lowest BCUT2D eigenvalue weighted by molar-refractivity contribution is 0.0391. The van der Waals surface area contributed by atoms with Crippen molar-refractivity contribution in [1.82, 2.24) is 9.88 Å². The summed E-state index contributed by atoms with van der Waals surface area (Å²) in [5, 5.41) is 2.59. The van der Waals surface area contributed by atoms with Gasteiger partial charge >= 0.3 is 0 Å². The molecule has 1 aromatic heterocycles. The molecule has 1 fully saturated rings. The van der Waals surface area contributed by atoms with Gasteiger partial charge in [-0.15, -0.1) is 0 Å². The third-order valence-corrected chi connectivity index (χ3v) is 7.50. The number of hydrogen-bond acceptors (Lipinski definition) is 6. The summed E-state index contributed by atoms with van der Waals surface area (Å²) in [6.45, 7) is 6.90. The molecule has 0 bridgehead atoms. The van der Waals surface area contributed by atoms with Crippen molar-refractivity contribution in [2.45, 2.75) is 6.92 Å². The lowest BCUT2D eigenvalue weighted by atomic mass is 10.0. The largest absolute Gasteiger partial charge is 0.493 e. The molecule has 1 saturated heterocycles. The van der Waals surface area contributed by atoms with E-state index >= 15 is 0 Å². The molecule has 1 aliphatic heterocycles. The van der Waals surface area contributed by atoms with Gasteiger partial charge in [0.05, 0.1) is 35.6 Å². The summed E-state index contributed by atoms with van der Waals surface area (Å²) in [6.07, 6.45) is 0. The van der Waals surface area contributed by atoms with Crippen molar-refractivity contribution in [3.63, 3.8) is 0 Å². The number of carbonyl (C=O) groups is 1. The molecule has 3 aromatic carbocycles. The highest BCUT2D eigenvalue weighted by Gasteiger charge is 2.27. The Balaban J connectivity index is 1.57. The quantitative estimate of drug-likeness (QED) is 0.306. The summed E-state index contributed by atoms with van der Waals surface area (Å²) < 4.78 is 13.5. The fraction of sp³-hybridized carbons (Fsp3) is 0.308. The average molecular weight is 540 g/mol. The number of carbonyl (C=O) groups excluding carboxylic acids is 1. The van der Waals surface area contributed by atoms with Crippen LogP contribution in [0.2, 0.25) is 0 Å². The number of ether oxygens (including phenoxy) is 2. The Bertz CT molecular complexity index is 1320. The normalized spacial score (nSPS) is 14.5. The van der Waals surface area contributed by atoms with Crippen LogP contribution in [0.25, 0.3) is 21.0 Å². The fourth-order valence-electron chi connectivity index (χ4n) is 4.23. The molecule has 1 amide bonds. The molecule has 0 atom stereocenters. The summed E-state index contributed by atoms with van der Waals surface area (Å²) in [4.78, 5) is 23.2. The van der Waals surface area contributed by atoms with Gasteiger partial charge in [-0.1, -0.05) is 57.6 Å². The molecule has 176 valence electrons. The van der Waals surface area contributed by atoms with Gasteiger partial charge in [-0.3, -0.25) is 14.6 Å². The Morgan fingerprint density at radius 1 is 1.18 bits per heavy atom. The number of aromatic nitrogens is 1. The fourth-order valence-corrected chi connectivity index (χ4v) is 5.78. The Kier molecular flexibility index (Phi) is 7.10. The highest BCUT2D eigenvalue weighted by atomic mass is 79.9. The molecular formula is C26H26BrN3O3S. The minimum atomic E-state index is -0.0911. The molecule has 0 spiro atoms. The maximum atomic E-state index is 14.2. The number of hydrogen-bond donors (Lipinski definition) is 0. The van der Waals surface area contributed by atoms with Crippen LogP contribution < -0.4 is 9.64 Å². The van der Waals surface area contributed by atoms with E-state index in [2.05, 4.69) is 20.8 Å². The number of benzene rings is 3. The average Bonchev–Trinajstić information content (AvgIpc) is 3.27. The standard InChI is InChI=1S/C26H26BrN3O3S/c1-2-33-22-10-7-18-5-3-4-6-20(18)24(22)25(31)30(12-11-29-13-15-32-16-14-29)26-28-21-9-8-19(27)17-23(21)34-26/h3-10,17H,2,11-16H2,1H3. The van der Waals surface area contributed by atoms with Gasteiger partial charge in [0.1, 0.15) is 5.75 Å². The zero-order valence-electron chi connectivity index (χ0n) is 19.0. The minimum absolute atomic E-state index is 0.0911. The van der Waals surface area contributed by atoms with Crippen molar-refractivity contribution < 1.29 is 14.3 Å². The Labute approximate surface area is 211 Å². The van der Waals surface area contributed by atoms with Gasteiger partial charge < -0.3 is 9.47 Å². The molecule has 0 aliphatic carbocycles. The summed E-state index contributed by atoms with van der Waals surface area (Å²) in [7, 11) is 0. The second-order valence-corrected chi connectivity index (χ2v) is 10.0. The number of anilines is 1. The van der Waals surface area contributed by atoms with Gasteiger partial charge in [0, 0.05) is 30.7 Å². The molecule has 6 nitrogen and oxygen atoms in total. The molecule has 2 heterocycles. The first-order chi connectivity index (χ1) is 16.6. The smallest absolute Gasteiger partial charge is 0.264 e. The van der Waals surface area contributed by atoms with Crippen LogP contribution in [0.1, 0.15) is 17.3 Å². The van der Waals surface area contributed by atoms with Crippen LogP contribution in [0.4, 0.5) is 5.13 Å². The number of rotatable bonds is 7. The van der Waals surface area contributed by atoms with Gasteiger partial charge in [0.25, 0.3) is 5.91 Å². The van der Waals surface area contributed by atoms with Crippen molar-refractivity contribution in [1.29, 1.82) is 0 Å². The molecule has 0 N–H and O–H groups in total. The van der Waals surface area contributed by atoms with Crippen molar-refractivity contribution in [2.24, 2.45) is 0 Å². The second kappa shape index (κ2) is 10.4. The van der Waals surface area contributed by atoms with Crippen LogP contribution in [0.5, 0.6) is 5.75 Å². The SMILES string of the molecule is CCOc1ccc2ccccc2c1C(=O)N(CCN1CCOCC1)c1nc2ccc(Br)cc2s1. The van der Waals surface area contributed by atoms with Crippen LogP contribution in [-0.4, -0.2) is 61.8 Å². The lowest BCUT2D eigenvalue weighted by Crippen LogP contribution is -2.43. The molecule has 34 heavy (non-hydrogen) atoms. The first kappa shape index (κ1) is 23.2. The van der Waals surface area contributed by atoms with Gasteiger partial charge in [-0.25, -0.2) is 4.98 Å². The minimum Gasteiger partial charge on any atom is -0.493 e. The van der Waals surface area contributed by atoms with Crippen molar-refractivity contribution in [2.75, 3.05) is 50.9 Å². The topological polar surface area (TPSA) is 54.9 Å². The van der Waals surface area contributed by atoms with E-state index in [-0.39, 0.29) is 5.91 Å². The van der Waals surface area contributed by atoms with Crippen LogP contribution in [0.3, 0.4) is 0 Å². The molecule has 8 heteroatoms. The Hall–Kier alpha value is -2.52. The van der Waals surface area contributed by atoms with Gasteiger partial charge in [-0.2, -0.15) is 0 Å². The predicted octanol–water partition coefficient (Wildman–Crippen LogP) is 5.59. The van der Waals surface area contributed by atoms with E-state index in [0.717, 1.165) is 58.3 Å². The van der Waals surface area contributed by atoms with E-state index in [1.807, 2.05) is 66.4 Å². The Morgan fingerprint density at radius 3 is 2.82 bits per heavy atom. The number of fused-ring (bicyclic) bond motifs is 2. The van der Waals surface area contributed by atoms with Crippen molar-refractivity contribution in [3.8, 4) is 5.75 Å². The monoisotopic (exact) mass is 539 g/mol. The van der Waals surface area contributed by atoms with E-state index in [0.29, 0.717) is 29.6 Å². The number of morpholine rings is 1. The molecule has 1 aliphatic rings. The van der Waals surface area contributed by atoms with Gasteiger partial charge in [0.2, 0.25) is 0 Å². The molecule has 4 aromatic rings. The number of thiazole rings is 1. The highest BCUT2D eigenvalue weighted by Crippen LogP contribution is 2.35. The zero-order valence-corrected chi connectivity index (χ0v) is 21.4. The maximum absolute atomic E-state index is 14.2. The Morgan fingerprint density at radius 2 is 2.00 bits per heavy atom. The van der Waals surface area contributed by atoms with Crippen LogP contribution >= 0.6 is 27.3 Å². The first-order valence-electron chi connectivity index (χ1n) is 11.5. The van der Waals surface area contributed by atoms with Crippen molar-refractivity contribution >= 4 is 59.3 Å². The summed E-state index contributed by atoms with van der Waals surface area (Å²) in [6, 6.07) is 17.9. The van der Waals surface area contributed by atoms with E-state index in [1.54, 1.807) is 0 Å². The van der Waals surface area contributed by atoms with Gasteiger partial charge in [-0.05, 0) is 42.0 Å². The molecule has 5 rings (SSSR count). The molecule has 0 saturated carbocycles. The van der Waals surface area contributed by atoms with Crippen LogP contribution in [0.15, 0.2) is 59.1 Å². The van der Waals surface area contributed by atoms with Gasteiger partial charge in [0.15, 0.2) is 5.13 Å². The third-order valence-electron chi connectivity index (χ3n) is 5.96. The number of amides is 1. The molecule has 0 unspecified atom stereocenters. The predicted molar refractivity (Wildman–Crippen MR) is 141 cm³/mol. The van der Waals surface area contributed by atoms with Crippen LogP contribution in [-0.2, 0) is 4.74 Å². The summed E-state index contributed by atoms with van der Waals surface area (Å²) >= 11 is 5.08. The third kappa shape index (κ3) is 4.81. The maximum Gasteiger partial charge on any atom is 0.264 e. The van der Waals surface area contributed by atoms with E-state index < -0.39 is 0 Å². The van der Waals surface area contributed by atoms with E-state index in [4.69, 9.17) is 14.5 Å². The molecular weight excluding hydrogens is 514 g/mol. The van der Waals surface area contributed by atoms with Crippen molar-refractivity contribution in [3.05, 3.63) is 64.6 Å². The zero-order chi connectivity index (χ0) is 23.5. The highest BCUT2D eigenvalue weighted by molar-refractivity contribution is 9.10. The lowest BCUT2D eigenvalue weighted by Gasteiger charge is -2.29. The van der Waals surface area contributed by atoms with E-state index in [1.165, 1.54) is 11.3 Å². The number of nitrogens with zero attached hydrogens (tertiary/aromatic N) is 3. The first-order valence-corrected chi connectivity index (χ1v) is 13.1. The second-order valence-electron chi connectivity index (χ2n) is 8.11. The summed E-state index contributed by atoms with van der Waals surface area (Å²) in [5.74, 6) is 0.512. The summed E-state index contributed by atoms with van der Waals surface area (Å²) in [5.41, 5.74) is 1.47. The molecule has 0 radical (unpaired) electrons.